The monoisotopic (exact) mass is 286 g/mol. The van der Waals surface area contributed by atoms with E-state index in [1.54, 1.807) is 6.07 Å². The van der Waals surface area contributed by atoms with Gasteiger partial charge in [0.15, 0.2) is 0 Å². The maximum absolute atomic E-state index is 11.4. The smallest absolute Gasteiger partial charge is 0.337 e. The summed E-state index contributed by atoms with van der Waals surface area (Å²) in [5, 5.41) is 9.34. The number of benzene rings is 1. The number of carbonyl (C=O) groups is 1. The van der Waals surface area contributed by atoms with Gasteiger partial charge in [-0.15, -0.1) is 0 Å². The molecule has 0 radical (unpaired) electrons. The Balaban J connectivity index is 2.12. The summed E-state index contributed by atoms with van der Waals surface area (Å²) in [6, 6.07) is 5.46. The number of nitrogens with zero attached hydrogens (tertiary/aromatic N) is 2. The van der Waals surface area contributed by atoms with Crippen molar-refractivity contribution in [2.45, 2.75) is 52.5 Å². The van der Waals surface area contributed by atoms with Gasteiger partial charge in [0.05, 0.1) is 11.1 Å². The van der Waals surface area contributed by atoms with Gasteiger partial charge in [-0.1, -0.05) is 26.3 Å². The molecule has 1 saturated carbocycles. The van der Waals surface area contributed by atoms with Crippen LogP contribution in [0.4, 0.5) is 0 Å². The summed E-state index contributed by atoms with van der Waals surface area (Å²) in [6.07, 6.45) is 5.85. The lowest BCUT2D eigenvalue weighted by Crippen LogP contribution is -2.33. The second-order valence-corrected chi connectivity index (χ2v) is 6.15. The van der Waals surface area contributed by atoms with E-state index in [0.717, 1.165) is 24.3 Å². The van der Waals surface area contributed by atoms with Crippen LogP contribution in [0.1, 0.15) is 55.7 Å². The normalized spacial score (nSPS) is 16.9. The highest BCUT2D eigenvalue weighted by Crippen LogP contribution is 2.45. The summed E-state index contributed by atoms with van der Waals surface area (Å²) >= 11 is 0. The van der Waals surface area contributed by atoms with E-state index < -0.39 is 5.97 Å². The zero-order chi connectivity index (χ0) is 15.0. The molecule has 4 heteroatoms. The Hall–Kier alpha value is -1.84. The second kappa shape index (κ2) is 5.17. The van der Waals surface area contributed by atoms with Crippen molar-refractivity contribution in [3.8, 4) is 0 Å². The molecule has 4 nitrogen and oxygen atoms in total. The summed E-state index contributed by atoms with van der Waals surface area (Å²) in [7, 11) is 0. The zero-order valence-electron chi connectivity index (χ0n) is 12.7. The first-order valence-corrected chi connectivity index (χ1v) is 7.81. The van der Waals surface area contributed by atoms with E-state index in [-0.39, 0.29) is 0 Å². The number of carboxylic acid groups (broad SMARTS) is 1. The van der Waals surface area contributed by atoms with Gasteiger partial charge in [0.1, 0.15) is 11.3 Å². The first-order chi connectivity index (χ1) is 10.1. The van der Waals surface area contributed by atoms with E-state index in [9.17, 15) is 9.90 Å². The van der Waals surface area contributed by atoms with Crippen LogP contribution in [0.5, 0.6) is 0 Å². The lowest BCUT2D eigenvalue weighted by molar-refractivity contribution is 0.0699. The molecule has 3 rings (SSSR count). The Morgan fingerprint density at radius 3 is 2.67 bits per heavy atom. The molecule has 0 amide bonds. The topological polar surface area (TPSA) is 55.1 Å². The van der Waals surface area contributed by atoms with Gasteiger partial charge in [0, 0.05) is 13.0 Å². The fourth-order valence-corrected chi connectivity index (χ4v) is 3.45. The highest BCUT2D eigenvalue weighted by Gasteiger charge is 2.36. The summed E-state index contributed by atoms with van der Waals surface area (Å²) in [6.45, 7) is 5.30. The average Bonchev–Trinajstić information content (AvgIpc) is 2.80. The number of rotatable bonds is 5. The standard InChI is InChI=1S/C17H22N2O2/c1-3-14-18-15-12(16(20)21)7-5-8-13(15)19(14)11-17(4-2)9-6-10-17/h5,7-8H,3-4,6,9-11H2,1-2H3,(H,20,21). The minimum absolute atomic E-state index is 0.306. The van der Waals surface area contributed by atoms with Gasteiger partial charge in [-0.2, -0.15) is 0 Å². The van der Waals surface area contributed by atoms with Gasteiger partial charge >= 0.3 is 5.97 Å². The van der Waals surface area contributed by atoms with Crippen LogP contribution in [-0.2, 0) is 13.0 Å². The number of hydrogen-bond donors (Lipinski definition) is 1. The van der Waals surface area contributed by atoms with Gasteiger partial charge in [-0.05, 0) is 36.8 Å². The Morgan fingerprint density at radius 2 is 2.14 bits per heavy atom. The molecule has 2 aromatic rings. The highest BCUT2D eigenvalue weighted by atomic mass is 16.4. The zero-order valence-corrected chi connectivity index (χ0v) is 12.7. The quantitative estimate of drug-likeness (QED) is 0.907. The molecule has 1 aromatic carbocycles. The van der Waals surface area contributed by atoms with Crippen molar-refractivity contribution in [2.24, 2.45) is 5.41 Å². The first-order valence-electron chi connectivity index (χ1n) is 7.81. The van der Waals surface area contributed by atoms with Crippen molar-refractivity contribution in [3.63, 3.8) is 0 Å². The lowest BCUT2D eigenvalue weighted by Gasteiger charge is -2.42. The number of aromatic nitrogens is 2. The van der Waals surface area contributed by atoms with Crippen LogP contribution in [0.25, 0.3) is 11.0 Å². The maximum atomic E-state index is 11.4. The van der Waals surface area contributed by atoms with Crippen LogP contribution in [-0.4, -0.2) is 20.6 Å². The van der Waals surface area contributed by atoms with Crippen molar-refractivity contribution in [2.75, 3.05) is 0 Å². The largest absolute Gasteiger partial charge is 0.478 e. The molecule has 1 heterocycles. The average molecular weight is 286 g/mol. The molecule has 0 bridgehead atoms. The summed E-state index contributed by atoms with van der Waals surface area (Å²) in [4.78, 5) is 16.0. The van der Waals surface area contributed by atoms with E-state index in [2.05, 4.69) is 23.4 Å². The SMILES string of the molecule is CCc1nc2c(C(=O)O)cccc2n1CC1(CC)CCC1. The van der Waals surface area contributed by atoms with Gasteiger partial charge < -0.3 is 9.67 Å². The number of fused-ring (bicyclic) bond motifs is 1. The summed E-state index contributed by atoms with van der Waals surface area (Å²) in [5.41, 5.74) is 2.29. The number of aryl methyl sites for hydroxylation is 1. The molecule has 0 spiro atoms. The van der Waals surface area contributed by atoms with E-state index >= 15 is 0 Å². The minimum atomic E-state index is -0.901. The maximum Gasteiger partial charge on any atom is 0.337 e. The van der Waals surface area contributed by atoms with Crippen LogP contribution in [0, 0.1) is 5.41 Å². The molecule has 1 fully saturated rings. The van der Waals surface area contributed by atoms with E-state index in [1.807, 2.05) is 12.1 Å². The number of imidazole rings is 1. The first kappa shape index (κ1) is 14.1. The lowest BCUT2D eigenvalue weighted by atomic mass is 9.67. The Labute approximate surface area is 124 Å². The van der Waals surface area contributed by atoms with Gasteiger partial charge in [0.25, 0.3) is 0 Å². The molecule has 1 aliphatic rings. The van der Waals surface area contributed by atoms with Gasteiger partial charge in [-0.3, -0.25) is 0 Å². The third-order valence-electron chi connectivity index (χ3n) is 5.06. The molecule has 1 N–H and O–H groups in total. The fraction of sp³-hybridized carbons (Fsp3) is 0.529. The predicted molar refractivity (Wildman–Crippen MR) is 82.6 cm³/mol. The highest BCUT2D eigenvalue weighted by molar-refractivity contribution is 6.01. The fourth-order valence-electron chi connectivity index (χ4n) is 3.45. The molecule has 1 aromatic heterocycles. The van der Waals surface area contributed by atoms with Crippen molar-refractivity contribution >= 4 is 17.0 Å². The summed E-state index contributed by atoms with van der Waals surface area (Å²) < 4.78 is 2.25. The van der Waals surface area contributed by atoms with Crippen LogP contribution < -0.4 is 0 Å². The van der Waals surface area contributed by atoms with Crippen LogP contribution in [0.2, 0.25) is 0 Å². The summed E-state index contributed by atoms with van der Waals surface area (Å²) in [5.74, 6) is 0.0974. The molecule has 0 saturated heterocycles. The third-order valence-corrected chi connectivity index (χ3v) is 5.06. The number of para-hydroxylation sites is 1. The Morgan fingerprint density at radius 1 is 1.38 bits per heavy atom. The molecule has 0 unspecified atom stereocenters. The third kappa shape index (κ3) is 2.23. The number of hydrogen-bond acceptors (Lipinski definition) is 2. The molecule has 21 heavy (non-hydrogen) atoms. The van der Waals surface area contributed by atoms with Crippen molar-refractivity contribution < 1.29 is 9.90 Å². The molecule has 1 aliphatic carbocycles. The van der Waals surface area contributed by atoms with Crippen LogP contribution in [0.15, 0.2) is 18.2 Å². The molecule has 112 valence electrons. The number of aromatic carboxylic acids is 1. The van der Waals surface area contributed by atoms with Gasteiger partial charge in [-0.25, -0.2) is 9.78 Å². The van der Waals surface area contributed by atoms with Crippen molar-refractivity contribution in [3.05, 3.63) is 29.6 Å². The Bertz CT molecular complexity index is 678. The van der Waals surface area contributed by atoms with Crippen LogP contribution in [0.3, 0.4) is 0 Å². The molecule has 0 atom stereocenters. The minimum Gasteiger partial charge on any atom is -0.478 e. The van der Waals surface area contributed by atoms with Gasteiger partial charge in [0.2, 0.25) is 0 Å². The predicted octanol–water partition coefficient (Wildman–Crippen LogP) is 3.88. The van der Waals surface area contributed by atoms with E-state index in [0.29, 0.717) is 16.5 Å². The van der Waals surface area contributed by atoms with E-state index in [1.165, 1.54) is 25.7 Å². The Kier molecular flexibility index (Phi) is 3.47. The molecular formula is C17H22N2O2. The van der Waals surface area contributed by atoms with Crippen LogP contribution >= 0.6 is 0 Å². The molecular weight excluding hydrogens is 264 g/mol. The van der Waals surface area contributed by atoms with Crippen molar-refractivity contribution in [1.82, 2.24) is 9.55 Å². The van der Waals surface area contributed by atoms with Crippen molar-refractivity contribution in [1.29, 1.82) is 0 Å². The van der Waals surface area contributed by atoms with E-state index in [4.69, 9.17) is 0 Å². The number of carboxylic acids is 1. The molecule has 0 aliphatic heterocycles. The second-order valence-electron chi connectivity index (χ2n) is 6.15.